The third-order valence-electron chi connectivity index (χ3n) is 4.96. The standard InChI is InChI=1S/C22H18N2/c1-4-10-20-17(7-1)16(15-23-20)13-14-24-21-11-5-2-8-18(21)19-9-3-6-12-22(19)24/h1-12,15,23H,13-14H2. The van der Waals surface area contributed by atoms with Crippen molar-refractivity contribution < 1.29 is 0 Å². The van der Waals surface area contributed by atoms with E-state index in [9.17, 15) is 0 Å². The van der Waals surface area contributed by atoms with Gasteiger partial charge in [0.15, 0.2) is 0 Å². The quantitative estimate of drug-likeness (QED) is 0.453. The second-order valence-electron chi connectivity index (χ2n) is 6.30. The number of nitrogens with one attached hydrogen (secondary N) is 1. The third kappa shape index (κ3) is 1.96. The molecule has 3 aromatic carbocycles. The van der Waals surface area contributed by atoms with Crippen molar-refractivity contribution in [2.75, 3.05) is 0 Å². The Labute approximate surface area is 140 Å². The minimum Gasteiger partial charge on any atom is -0.361 e. The maximum Gasteiger partial charge on any atom is 0.0491 e. The number of rotatable bonds is 3. The summed E-state index contributed by atoms with van der Waals surface area (Å²) in [6.07, 6.45) is 3.17. The van der Waals surface area contributed by atoms with Crippen molar-refractivity contribution in [1.29, 1.82) is 0 Å². The van der Waals surface area contributed by atoms with Gasteiger partial charge in [0, 0.05) is 45.5 Å². The summed E-state index contributed by atoms with van der Waals surface area (Å²) in [6, 6.07) is 25.9. The van der Waals surface area contributed by atoms with E-state index in [0.29, 0.717) is 0 Å². The summed E-state index contributed by atoms with van der Waals surface area (Å²) in [5, 5.41) is 4.01. The lowest BCUT2D eigenvalue weighted by Gasteiger charge is -2.07. The van der Waals surface area contributed by atoms with Crippen molar-refractivity contribution in [3.05, 3.63) is 84.6 Å². The van der Waals surface area contributed by atoms with Crippen LogP contribution in [0.3, 0.4) is 0 Å². The zero-order valence-corrected chi connectivity index (χ0v) is 13.4. The van der Waals surface area contributed by atoms with E-state index in [1.807, 2.05) is 0 Å². The van der Waals surface area contributed by atoms with Gasteiger partial charge in [-0.3, -0.25) is 0 Å². The highest BCUT2D eigenvalue weighted by molar-refractivity contribution is 6.07. The van der Waals surface area contributed by atoms with E-state index in [4.69, 9.17) is 0 Å². The minimum atomic E-state index is 0.982. The number of aromatic nitrogens is 2. The first-order valence-electron chi connectivity index (χ1n) is 8.43. The van der Waals surface area contributed by atoms with Crippen LogP contribution in [0.4, 0.5) is 0 Å². The van der Waals surface area contributed by atoms with Gasteiger partial charge in [-0.2, -0.15) is 0 Å². The molecule has 116 valence electrons. The highest BCUT2D eigenvalue weighted by atomic mass is 15.0. The predicted molar refractivity (Wildman–Crippen MR) is 101 cm³/mol. The Morgan fingerprint density at radius 1 is 0.667 bits per heavy atom. The molecule has 2 nitrogen and oxygen atoms in total. The van der Waals surface area contributed by atoms with Gasteiger partial charge in [-0.25, -0.2) is 0 Å². The summed E-state index contributed by atoms with van der Waals surface area (Å²) in [4.78, 5) is 3.38. The molecule has 5 aromatic rings. The number of aryl methyl sites for hydroxylation is 2. The maximum absolute atomic E-state index is 3.38. The first-order valence-corrected chi connectivity index (χ1v) is 8.43. The number of H-pyrrole nitrogens is 1. The number of fused-ring (bicyclic) bond motifs is 4. The lowest BCUT2D eigenvalue weighted by Crippen LogP contribution is -2.00. The second kappa shape index (κ2) is 5.27. The molecule has 0 bridgehead atoms. The molecule has 0 saturated heterocycles. The van der Waals surface area contributed by atoms with Crippen molar-refractivity contribution in [1.82, 2.24) is 9.55 Å². The Balaban J connectivity index is 1.61. The summed E-state index contributed by atoms with van der Waals surface area (Å²) >= 11 is 0. The molecule has 0 aliphatic carbocycles. The van der Waals surface area contributed by atoms with Crippen molar-refractivity contribution in [3.63, 3.8) is 0 Å². The van der Waals surface area contributed by atoms with Gasteiger partial charge >= 0.3 is 0 Å². The first kappa shape index (κ1) is 13.4. The predicted octanol–water partition coefficient (Wildman–Crippen LogP) is 5.52. The van der Waals surface area contributed by atoms with Crippen LogP contribution in [0.25, 0.3) is 32.7 Å². The Kier molecular flexibility index (Phi) is 2.95. The summed E-state index contributed by atoms with van der Waals surface area (Å²) < 4.78 is 2.45. The topological polar surface area (TPSA) is 20.7 Å². The fraction of sp³-hybridized carbons (Fsp3) is 0.0909. The molecule has 2 aromatic heterocycles. The van der Waals surface area contributed by atoms with E-state index in [-0.39, 0.29) is 0 Å². The van der Waals surface area contributed by atoms with Gasteiger partial charge in [-0.05, 0) is 30.2 Å². The van der Waals surface area contributed by atoms with Gasteiger partial charge < -0.3 is 9.55 Å². The first-order chi connectivity index (χ1) is 11.9. The molecule has 0 saturated carbocycles. The van der Waals surface area contributed by atoms with Crippen LogP contribution in [0, 0.1) is 0 Å². The third-order valence-corrected chi connectivity index (χ3v) is 4.96. The lowest BCUT2D eigenvalue weighted by atomic mass is 10.1. The van der Waals surface area contributed by atoms with E-state index >= 15 is 0 Å². The molecule has 24 heavy (non-hydrogen) atoms. The number of hydrogen-bond donors (Lipinski definition) is 1. The maximum atomic E-state index is 3.38. The Morgan fingerprint density at radius 2 is 1.25 bits per heavy atom. The van der Waals surface area contributed by atoms with E-state index in [0.717, 1.165) is 13.0 Å². The molecule has 2 heterocycles. The molecular formula is C22H18N2. The molecule has 0 spiro atoms. The highest BCUT2D eigenvalue weighted by Crippen LogP contribution is 2.29. The normalized spacial score (nSPS) is 11.7. The van der Waals surface area contributed by atoms with Gasteiger partial charge in [0.25, 0.3) is 0 Å². The number of benzene rings is 3. The van der Waals surface area contributed by atoms with Gasteiger partial charge in [0.2, 0.25) is 0 Å². The minimum absolute atomic E-state index is 0.982. The van der Waals surface area contributed by atoms with Crippen LogP contribution < -0.4 is 0 Å². The summed E-state index contributed by atoms with van der Waals surface area (Å²) in [6.45, 7) is 0.982. The molecule has 2 heteroatoms. The number of hydrogen-bond acceptors (Lipinski definition) is 0. The largest absolute Gasteiger partial charge is 0.361 e. The molecule has 0 radical (unpaired) electrons. The van der Waals surface area contributed by atoms with E-state index in [1.165, 1.54) is 38.3 Å². The van der Waals surface area contributed by atoms with Crippen molar-refractivity contribution in [3.8, 4) is 0 Å². The Bertz CT molecular complexity index is 1110. The van der Waals surface area contributed by atoms with Crippen molar-refractivity contribution >= 4 is 32.7 Å². The van der Waals surface area contributed by atoms with Gasteiger partial charge in [0.1, 0.15) is 0 Å². The molecule has 0 unspecified atom stereocenters. The SMILES string of the molecule is c1ccc2c(CCn3c4ccccc4c4ccccc43)c[nH]c2c1. The van der Waals surface area contributed by atoms with E-state index in [1.54, 1.807) is 0 Å². The van der Waals surface area contributed by atoms with Crippen molar-refractivity contribution in [2.24, 2.45) is 0 Å². The Morgan fingerprint density at radius 3 is 1.96 bits per heavy atom. The van der Waals surface area contributed by atoms with Crippen LogP contribution in [-0.4, -0.2) is 9.55 Å². The number of nitrogens with zero attached hydrogens (tertiary/aromatic N) is 1. The zero-order chi connectivity index (χ0) is 15.9. The lowest BCUT2D eigenvalue weighted by molar-refractivity contribution is 0.748. The average Bonchev–Trinajstić information content (AvgIpc) is 3.19. The summed E-state index contributed by atoms with van der Waals surface area (Å²) in [5.41, 5.74) is 5.24. The zero-order valence-electron chi connectivity index (χ0n) is 13.4. The molecule has 0 amide bonds. The molecule has 0 aliphatic rings. The van der Waals surface area contributed by atoms with Crippen LogP contribution in [0.5, 0.6) is 0 Å². The smallest absolute Gasteiger partial charge is 0.0491 e. The van der Waals surface area contributed by atoms with Gasteiger partial charge in [-0.15, -0.1) is 0 Å². The number of para-hydroxylation sites is 3. The average molecular weight is 310 g/mol. The van der Waals surface area contributed by atoms with Crippen LogP contribution in [0.15, 0.2) is 79.0 Å². The monoisotopic (exact) mass is 310 g/mol. The van der Waals surface area contributed by atoms with Crippen molar-refractivity contribution in [2.45, 2.75) is 13.0 Å². The molecule has 0 atom stereocenters. The fourth-order valence-electron chi connectivity index (χ4n) is 3.81. The molecule has 5 rings (SSSR count). The van der Waals surface area contributed by atoms with Crippen LogP contribution in [-0.2, 0) is 13.0 Å². The van der Waals surface area contributed by atoms with Gasteiger partial charge in [0.05, 0.1) is 0 Å². The number of aromatic amines is 1. The van der Waals surface area contributed by atoms with Crippen LogP contribution in [0.2, 0.25) is 0 Å². The molecule has 0 aliphatic heterocycles. The van der Waals surface area contributed by atoms with Crippen LogP contribution in [0.1, 0.15) is 5.56 Å². The fourth-order valence-corrected chi connectivity index (χ4v) is 3.81. The molecule has 0 fully saturated rings. The van der Waals surface area contributed by atoms with Crippen LogP contribution >= 0.6 is 0 Å². The molecule has 1 N–H and O–H groups in total. The Hall–Kier alpha value is -3.00. The van der Waals surface area contributed by atoms with E-state index in [2.05, 4.69) is 88.5 Å². The highest BCUT2D eigenvalue weighted by Gasteiger charge is 2.10. The second-order valence-corrected chi connectivity index (χ2v) is 6.30. The summed E-state index contributed by atoms with van der Waals surface area (Å²) in [7, 11) is 0. The van der Waals surface area contributed by atoms with Gasteiger partial charge in [-0.1, -0.05) is 54.6 Å². The molecular weight excluding hydrogens is 292 g/mol. The van der Waals surface area contributed by atoms with E-state index < -0.39 is 0 Å². The summed E-state index contributed by atoms with van der Waals surface area (Å²) in [5.74, 6) is 0.